The van der Waals surface area contributed by atoms with Crippen molar-refractivity contribution in [1.29, 1.82) is 15.8 Å². The number of para-hydroxylation sites is 2. The molecule has 8 aromatic rings. The number of fused-ring (bicyclic) bond motifs is 6. The molecular formula is C39H19N3O2. The highest BCUT2D eigenvalue weighted by molar-refractivity contribution is 6.13. The molecule has 0 atom stereocenters. The molecule has 2 aromatic heterocycles. The summed E-state index contributed by atoms with van der Waals surface area (Å²) in [4.78, 5) is 0. The second-order valence-corrected chi connectivity index (χ2v) is 10.6. The molecule has 202 valence electrons. The second-order valence-electron chi connectivity index (χ2n) is 10.6. The Balaban J connectivity index is 1.49. The number of hydrogen-bond donors (Lipinski definition) is 0. The van der Waals surface area contributed by atoms with Crippen LogP contribution < -0.4 is 0 Å². The Hall–Kier alpha value is -6.61. The molecule has 44 heavy (non-hydrogen) atoms. The van der Waals surface area contributed by atoms with Gasteiger partial charge in [0, 0.05) is 38.2 Å². The molecule has 0 N–H and O–H groups in total. The topological polar surface area (TPSA) is 97.6 Å². The molecule has 0 bridgehead atoms. The maximum absolute atomic E-state index is 10.7. The fraction of sp³-hybridized carbons (Fsp3) is 0. The maximum Gasteiger partial charge on any atom is 0.136 e. The molecule has 0 saturated heterocycles. The van der Waals surface area contributed by atoms with Gasteiger partial charge in [0.05, 0.1) is 28.8 Å². The van der Waals surface area contributed by atoms with Crippen molar-refractivity contribution in [2.45, 2.75) is 0 Å². The van der Waals surface area contributed by atoms with Crippen molar-refractivity contribution in [2.24, 2.45) is 0 Å². The maximum atomic E-state index is 10.7. The number of rotatable bonds is 3. The molecule has 5 heteroatoms. The van der Waals surface area contributed by atoms with E-state index in [9.17, 15) is 15.8 Å². The molecule has 0 aliphatic heterocycles. The van der Waals surface area contributed by atoms with Crippen LogP contribution in [0.15, 0.2) is 124 Å². The van der Waals surface area contributed by atoms with Crippen molar-refractivity contribution < 1.29 is 8.83 Å². The lowest BCUT2D eigenvalue weighted by Gasteiger charge is -2.16. The molecule has 0 amide bonds. The summed E-state index contributed by atoms with van der Waals surface area (Å²) in [6, 6.07) is 43.4. The fourth-order valence-corrected chi connectivity index (χ4v) is 6.29. The first kappa shape index (κ1) is 25.1. The van der Waals surface area contributed by atoms with E-state index < -0.39 is 0 Å². The van der Waals surface area contributed by atoms with E-state index in [-0.39, 0.29) is 0 Å². The minimum Gasteiger partial charge on any atom is -0.456 e. The number of furan rings is 2. The van der Waals surface area contributed by atoms with Gasteiger partial charge in [-0.05, 0) is 71.3 Å². The van der Waals surface area contributed by atoms with E-state index in [2.05, 4.69) is 18.2 Å². The zero-order chi connectivity index (χ0) is 29.8. The quantitative estimate of drug-likeness (QED) is 0.214. The van der Waals surface area contributed by atoms with Crippen molar-refractivity contribution in [1.82, 2.24) is 0 Å². The van der Waals surface area contributed by atoms with Gasteiger partial charge in [-0.1, -0.05) is 60.7 Å². The van der Waals surface area contributed by atoms with E-state index in [4.69, 9.17) is 8.83 Å². The highest BCUT2D eigenvalue weighted by Crippen LogP contribution is 2.44. The van der Waals surface area contributed by atoms with Crippen LogP contribution in [0.2, 0.25) is 0 Å². The second kappa shape index (κ2) is 9.74. The van der Waals surface area contributed by atoms with Gasteiger partial charge in [0.2, 0.25) is 0 Å². The summed E-state index contributed by atoms with van der Waals surface area (Å²) in [6.45, 7) is 0. The largest absolute Gasteiger partial charge is 0.456 e. The minimum absolute atomic E-state index is 0.380. The van der Waals surface area contributed by atoms with Crippen LogP contribution in [0, 0.1) is 34.0 Å². The smallest absolute Gasteiger partial charge is 0.136 e. The van der Waals surface area contributed by atoms with E-state index in [0.717, 1.165) is 43.8 Å². The van der Waals surface area contributed by atoms with Gasteiger partial charge in [-0.3, -0.25) is 0 Å². The van der Waals surface area contributed by atoms with Gasteiger partial charge in [-0.2, -0.15) is 15.8 Å². The van der Waals surface area contributed by atoms with Gasteiger partial charge in [0.25, 0.3) is 0 Å². The Morgan fingerprint density at radius 3 is 1.80 bits per heavy atom. The lowest BCUT2D eigenvalue weighted by atomic mass is 9.85. The molecule has 0 aliphatic carbocycles. The van der Waals surface area contributed by atoms with E-state index in [1.165, 1.54) is 0 Å². The van der Waals surface area contributed by atoms with E-state index in [1.54, 1.807) is 18.2 Å². The van der Waals surface area contributed by atoms with E-state index in [1.807, 2.05) is 97.1 Å². The van der Waals surface area contributed by atoms with Crippen LogP contribution in [0.25, 0.3) is 77.3 Å². The third-order valence-corrected chi connectivity index (χ3v) is 8.23. The molecule has 0 saturated carbocycles. The van der Waals surface area contributed by atoms with Crippen molar-refractivity contribution in [3.8, 4) is 51.6 Å². The van der Waals surface area contributed by atoms with Crippen molar-refractivity contribution in [2.75, 3.05) is 0 Å². The van der Waals surface area contributed by atoms with Gasteiger partial charge in [-0.15, -0.1) is 0 Å². The summed E-state index contributed by atoms with van der Waals surface area (Å²) >= 11 is 0. The van der Waals surface area contributed by atoms with Gasteiger partial charge in [0.15, 0.2) is 0 Å². The summed E-state index contributed by atoms with van der Waals surface area (Å²) in [5.41, 5.74) is 8.33. The molecule has 0 unspecified atom stereocenters. The summed E-state index contributed by atoms with van der Waals surface area (Å²) in [5.74, 6) is 0. The highest BCUT2D eigenvalue weighted by atomic mass is 16.3. The molecule has 0 fully saturated rings. The molecule has 2 heterocycles. The molecule has 8 rings (SSSR count). The number of hydrogen-bond acceptors (Lipinski definition) is 5. The standard InChI is InChI=1S/C39H19N3O2/c40-20-24-7-5-8-25(21-41)38(24)26-17-31(23-15-16-28-27-9-1-3-12-34(27)44-37(28)19-23)33(22-42)32(18-26)29-11-6-14-36-39(29)30-10-2-4-13-35(30)43-36/h1-19H. The number of nitrogens with zero attached hydrogens (tertiary/aromatic N) is 3. The normalized spacial score (nSPS) is 11.1. The summed E-state index contributed by atoms with van der Waals surface area (Å²) in [7, 11) is 0. The summed E-state index contributed by atoms with van der Waals surface area (Å²) in [5, 5.41) is 34.7. The first-order chi connectivity index (χ1) is 21.7. The van der Waals surface area contributed by atoms with Crippen molar-refractivity contribution in [3.05, 3.63) is 132 Å². The van der Waals surface area contributed by atoms with Crippen LogP contribution in [-0.2, 0) is 0 Å². The number of benzene rings is 6. The zero-order valence-electron chi connectivity index (χ0n) is 23.1. The first-order valence-electron chi connectivity index (χ1n) is 14.0. The lowest BCUT2D eigenvalue weighted by molar-refractivity contribution is 0.668. The van der Waals surface area contributed by atoms with Crippen LogP contribution in [0.5, 0.6) is 0 Å². The molecule has 0 radical (unpaired) electrons. The highest BCUT2D eigenvalue weighted by Gasteiger charge is 2.22. The average molecular weight is 562 g/mol. The Morgan fingerprint density at radius 1 is 0.432 bits per heavy atom. The Morgan fingerprint density at radius 2 is 1.05 bits per heavy atom. The van der Waals surface area contributed by atoms with Crippen molar-refractivity contribution >= 4 is 43.9 Å². The Bertz CT molecular complexity index is 2570. The van der Waals surface area contributed by atoms with Crippen LogP contribution in [0.4, 0.5) is 0 Å². The average Bonchev–Trinajstić information content (AvgIpc) is 3.65. The Labute approximate surface area is 251 Å². The van der Waals surface area contributed by atoms with Gasteiger partial charge in [0.1, 0.15) is 28.4 Å². The third kappa shape index (κ3) is 3.70. The number of nitriles is 3. The fourth-order valence-electron chi connectivity index (χ4n) is 6.29. The third-order valence-electron chi connectivity index (χ3n) is 8.23. The minimum atomic E-state index is 0.380. The molecule has 6 aromatic carbocycles. The van der Waals surface area contributed by atoms with E-state index in [0.29, 0.717) is 50.1 Å². The molecule has 0 aliphatic rings. The van der Waals surface area contributed by atoms with E-state index >= 15 is 0 Å². The Kier molecular flexibility index (Phi) is 5.56. The van der Waals surface area contributed by atoms with Crippen LogP contribution in [0.1, 0.15) is 16.7 Å². The molecular weight excluding hydrogens is 542 g/mol. The summed E-state index contributed by atoms with van der Waals surface area (Å²) < 4.78 is 12.4. The predicted molar refractivity (Wildman–Crippen MR) is 171 cm³/mol. The monoisotopic (exact) mass is 561 g/mol. The SMILES string of the molecule is N#Cc1cccc(C#N)c1-c1cc(-c2ccc3c(c2)oc2ccccc23)c(C#N)c(-c2cccc3oc4ccccc4c23)c1. The molecule has 5 nitrogen and oxygen atoms in total. The molecule has 0 spiro atoms. The lowest BCUT2D eigenvalue weighted by Crippen LogP contribution is -1.96. The van der Waals surface area contributed by atoms with Crippen LogP contribution >= 0.6 is 0 Å². The first-order valence-corrected chi connectivity index (χ1v) is 14.0. The van der Waals surface area contributed by atoms with Crippen molar-refractivity contribution in [3.63, 3.8) is 0 Å². The van der Waals surface area contributed by atoms with Gasteiger partial charge >= 0.3 is 0 Å². The van der Waals surface area contributed by atoms with Gasteiger partial charge in [-0.25, -0.2) is 0 Å². The predicted octanol–water partition coefficient (Wildman–Crippen LogP) is 10.1. The van der Waals surface area contributed by atoms with Crippen LogP contribution in [-0.4, -0.2) is 0 Å². The zero-order valence-corrected chi connectivity index (χ0v) is 23.1. The van der Waals surface area contributed by atoms with Crippen LogP contribution in [0.3, 0.4) is 0 Å². The summed E-state index contributed by atoms with van der Waals surface area (Å²) in [6.07, 6.45) is 0. The van der Waals surface area contributed by atoms with Gasteiger partial charge < -0.3 is 8.83 Å².